The Labute approximate surface area is 180 Å². The second kappa shape index (κ2) is 8.26. The maximum absolute atomic E-state index is 14.9. The predicted molar refractivity (Wildman–Crippen MR) is 113 cm³/mol. The molecule has 31 heavy (non-hydrogen) atoms. The third kappa shape index (κ3) is 4.39. The van der Waals surface area contributed by atoms with E-state index in [4.69, 9.17) is 4.74 Å². The maximum Gasteiger partial charge on any atom is 0.265 e. The van der Waals surface area contributed by atoms with Crippen LogP contribution >= 0.6 is 0 Å². The smallest absolute Gasteiger partial charge is 0.265 e. The van der Waals surface area contributed by atoms with Crippen molar-refractivity contribution in [2.24, 2.45) is 0 Å². The summed E-state index contributed by atoms with van der Waals surface area (Å²) in [5, 5.41) is 6.90. The Morgan fingerprint density at radius 2 is 2.16 bits per heavy atom. The average molecular weight is 446 g/mol. The Morgan fingerprint density at radius 1 is 1.32 bits per heavy atom. The highest BCUT2D eigenvalue weighted by atomic mass is 32.2. The zero-order valence-electron chi connectivity index (χ0n) is 17.3. The minimum absolute atomic E-state index is 0.0602. The van der Waals surface area contributed by atoms with Gasteiger partial charge in [-0.05, 0) is 56.4 Å². The van der Waals surface area contributed by atoms with Gasteiger partial charge in [-0.25, -0.2) is 22.8 Å². The minimum Gasteiger partial charge on any atom is -0.487 e. The van der Waals surface area contributed by atoms with Gasteiger partial charge in [0.15, 0.2) is 0 Å². The molecule has 1 aromatic carbocycles. The van der Waals surface area contributed by atoms with E-state index in [-0.39, 0.29) is 11.7 Å². The molecule has 2 N–H and O–H groups in total. The molecule has 0 saturated heterocycles. The first-order valence-corrected chi connectivity index (χ1v) is 11.5. The zero-order chi connectivity index (χ0) is 22.1. The Balaban J connectivity index is 1.62. The largest absolute Gasteiger partial charge is 0.487 e. The molecule has 1 aliphatic rings. The fourth-order valence-electron chi connectivity index (χ4n) is 4.14. The summed E-state index contributed by atoms with van der Waals surface area (Å²) in [6, 6.07) is 3.82. The monoisotopic (exact) mass is 445 g/mol. The van der Waals surface area contributed by atoms with Gasteiger partial charge in [0, 0.05) is 24.4 Å². The standard InChI is InChI=1S/C21H24FN5O3S/c1-14-9-19(31(28,29)27-20-6-8-23-13-24-20)17(22)10-18(14)30-21(2)7-4-3-5-16(21)15-11-25-26-12-15/h6,8-13,16H,3-5,7H2,1-2H3,(H,25,26)(H,23,24,27)/t16-,21+/m1/s1. The molecule has 1 saturated carbocycles. The summed E-state index contributed by atoms with van der Waals surface area (Å²) < 4.78 is 48.9. The summed E-state index contributed by atoms with van der Waals surface area (Å²) >= 11 is 0. The molecule has 0 unspecified atom stereocenters. The topological polar surface area (TPSA) is 110 Å². The molecule has 3 aromatic rings. The molecule has 2 atom stereocenters. The molecule has 1 fully saturated rings. The summed E-state index contributed by atoms with van der Waals surface area (Å²) in [5.74, 6) is -0.395. The Bertz CT molecular complexity index is 1160. The van der Waals surface area contributed by atoms with E-state index >= 15 is 0 Å². The third-order valence-corrected chi connectivity index (χ3v) is 7.13. The van der Waals surface area contributed by atoms with Crippen LogP contribution in [0.1, 0.15) is 49.7 Å². The number of hydrogen-bond acceptors (Lipinski definition) is 6. The number of nitrogens with zero attached hydrogens (tertiary/aromatic N) is 3. The number of hydrogen-bond donors (Lipinski definition) is 2. The molecule has 0 amide bonds. The fraction of sp³-hybridized carbons (Fsp3) is 0.381. The first kappa shape index (κ1) is 21.2. The van der Waals surface area contributed by atoms with Crippen LogP contribution in [-0.2, 0) is 10.0 Å². The van der Waals surface area contributed by atoms with Crippen molar-refractivity contribution >= 4 is 15.8 Å². The van der Waals surface area contributed by atoms with E-state index in [1.54, 1.807) is 13.1 Å². The average Bonchev–Trinajstić information content (AvgIpc) is 3.25. The van der Waals surface area contributed by atoms with Gasteiger partial charge < -0.3 is 4.74 Å². The van der Waals surface area contributed by atoms with Crippen molar-refractivity contribution in [1.82, 2.24) is 20.2 Å². The third-order valence-electron chi connectivity index (χ3n) is 5.76. The van der Waals surface area contributed by atoms with E-state index in [1.807, 2.05) is 13.1 Å². The fourth-order valence-corrected chi connectivity index (χ4v) is 5.30. The number of aromatic nitrogens is 4. The Kier molecular flexibility index (Phi) is 5.65. The van der Waals surface area contributed by atoms with Crippen LogP contribution in [0.15, 0.2) is 48.0 Å². The second-order valence-corrected chi connectivity index (χ2v) is 9.64. The molecule has 1 aliphatic carbocycles. The van der Waals surface area contributed by atoms with E-state index in [2.05, 4.69) is 24.9 Å². The molecule has 2 heterocycles. The quantitative estimate of drug-likeness (QED) is 0.595. The molecule has 8 nitrogen and oxygen atoms in total. The van der Waals surface area contributed by atoms with Gasteiger partial charge in [-0.1, -0.05) is 6.42 Å². The van der Waals surface area contributed by atoms with Crippen LogP contribution < -0.4 is 9.46 Å². The summed E-state index contributed by atoms with van der Waals surface area (Å²) in [5.41, 5.74) is 1.02. The van der Waals surface area contributed by atoms with Crippen LogP contribution in [0, 0.1) is 12.7 Å². The van der Waals surface area contributed by atoms with Gasteiger partial charge in [0.25, 0.3) is 10.0 Å². The highest BCUT2D eigenvalue weighted by Crippen LogP contribution is 2.44. The van der Waals surface area contributed by atoms with Gasteiger partial charge in [0.2, 0.25) is 0 Å². The van der Waals surface area contributed by atoms with Crippen LogP contribution in [0.5, 0.6) is 5.75 Å². The molecular formula is C21H24FN5O3S. The number of aryl methyl sites for hydroxylation is 1. The van der Waals surface area contributed by atoms with Gasteiger partial charge in [0.1, 0.15) is 34.2 Å². The number of H-pyrrole nitrogens is 1. The van der Waals surface area contributed by atoms with Gasteiger partial charge >= 0.3 is 0 Å². The maximum atomic E-state index is 14.9. The van der Waals surface area contributed by atoms with Crippen molar-refractivity contribution in [1.29, 1.82) is 0 Å². The summed E-state index contributed by atoms with van der Waals surface area (Å²) in [6.45, 7) is 3.72. The van der Waals surface area contributed by atoms with E-state index in [0.29, 0.717) is 11.3 Å². The lowest BCUT2D eigenvalue weighted by Crippen LogP contribution is -2.42. The first-order chi connectivity index (χ1) is 14.8. The molecule has 164 valence electrons. The number of ether oxygens (including phenoxy) is 1. The van der Waals surface area contributed by atoms with Crippen LogP contribution in [0.4, 0.5) is 10.2 Å². The normalized spacial score (nSPS) is 21.6. The SMILES string of the molecule is Cc1cc(S(=O)(=O)Nc2ccncn2)c(F)cc1O[C@@]1(C)CCCC[C@@H]1c1cn[nH]c1. The van der Waals surface area contributed by atoms with Crippen LogP contribution in [0.25, 0.3) is 0 Å². The number of rotatable bonds is 6. The Morgan fingerprint density at radius 3 is 2.87 bits per heavy atom. The molecular weight excluding hydrogens is 421 g/mol. The summed E-state index contributed by atoms with van der Waals surface area (Å²) in [6.07, 6.45) is 10.1. The van der Waals surface area contributed by atoms with E-state index in [1.165, 1.54) is 24.7 Å². The number of nitrogens with one attached hydrogen (secondary N) is 2. The van der Waals surface area contributed by atoms with Crippen LogP contribution in [0.2, 0.25) is 0 Å². The van der Waals surface area contributed by atoms with Gasteiger partial charge in [0.05, 0.1) is 6.20 Å². The van der Waals surface area contributed by atoms with Crippen LogP contribution in [-0.4, -0.2) is 34.2 Å². The predicted octanol–water partition coefficient (Wildman–Crippen LogP) is 3.94. The van der Waals surface area contributed by atoms with Gasteiger partial charge in [-0.15, -0.1) is 0 Å². The van der Waals surface area contributed by atoms with E-state index < -0.39 is 26.3 Å². The zero-order valence-corrected chi connectivity index (χ0v) is 18.1. The molecule has 0 bridgehead atoms. The molecule has 0 aliphatic heterocycles. The lowest BCUT2D eigenvalue weighted by molar-refractivity contribution is 0.0251. The Hall–Kier alpha value is -3.01. The number of benzene rings is 1. The summed E-state index contributed by atoms with van der Waals surface area (Å²) in [4.78, 5) is 7.10. The number of halogens is 1. The van der Waals surface area contributed by atoms with Crippen molar-refractivity contribution in [2.45, 2.75) is 55.9 Å². The van der Waals surface area contributed by atoms with Crippen molar-refractivity contribution < 1.29 is 17.5 Å². The first-order valence-electron chi connectivity index (χ1n) is 10.1. The molecule has 2 aromatic heterocycles. The second-order valence-electron chi connectivity index (χ2n) is 7.99. The van der Waals surface area contributed by atoms with Gasteiger partial charge in [-0.3, -0.25) is 9.82 Å². The minimum atomic E-state index is -4.16. The van der Waals surface area contributed by atoms with Crippen LogP contribution in [0.3, 0.4) is 0 Å². The molecule has 0 spiro atoms. The van der Waals surface area contributed by atoms with Gasteiger partial charge in [-0.2, -0.15) is 5.10 Å². The van der Waals surface area contributed by atoms with Crippen molar-refractivity contribution in [3.05, 3.63) is 60.1 Å². The number of aromatic amines is 1. The lowest BCUT2D eigenvalue weighted by Gasteiger charge is -2.41. The molecule has 0 radical (unpaired) electrons. The number of anilines is 1. The van der Waals surface area contributed by atoms with Crippen molar-refractivity contribution in [2.75, 3.05) is 4.72 Å². The molecule has 10 heteroatoms. The van der Waals surface area contributed by atoms with Crippen molar-refractivity contribution in [3.63, 3.8) is 0 Å². The number of sulfonamides is 1. The highest BCUT2D eigenvalue weighted by Gasteiger charge is 2.40. The highest BCUT2D eigenvalue weighted by molar-refractivity contribution is 7.92. The molecule has 4 rings (SSSR count). The van der Waals surface area contributed by atoms with Crippen molar-refractivity contribution in [3.8, 4) is 5.75 Å². The summed E-state index contributed by atoms with van der Waals surface area (Å²) in [7, 11) is -4.16. The lowest BCUT2D eigenvalue weighted by atomic mass is 9.73. The van der Waals surface area contributed by atoms with E-state index in [0.717, 1.165) is 37.3 Å². The van der Waals surface area contributed by atoms with E-state index in [9.17, 15) is 12.8 Å².